The highest BCUT2D eigenvalue weighted by molar-refractivity contribution is 5.97. The van der Waals surface area contributed by atoms with Crippen LogP contribution in [0, 0.1) is 0 Å². The first-order chi connectivity index (χ1) is 9.66. The monoisotopic (exact) mass is 273 g/mol. The van der Waals surface area contributed by atoms with Gasteiger partial charge in [-0.2, -0.15) is 0 Å². The van der Waals surface area contributed by atoms with E-state index in [1.807, 2.05) is 29.4 Å². The summed E-state index contributed by atoms with van der Waals surface area (Å²) in [6, 6.07) is 6.11. The fourth-order valence-corrected chi connectivity index (χ4v) is 2.53. The van der Waals surface area contributed by atoms with E-state index in [9.17, 15) is 4.79 Å². The first kappa shape index (κ1) is 13.1. The molecule has 1 fully saturated rings. The average molecular weight is 273 g/mol. The number of ether oxygens (including phenoxy) is 1. The van der Waals surface area contributed by atoms with Crippen molar-refractivity contribution in [3.8, 4) is 0 Å². The highest BCUT2D eigenvalue weighted by Gasteiger charge is 2.19. The Morgan fingerprint density at radius 2 is 2.05 bits per heavy atom. The summed E-state index contributed by atoms with van der Waals surface area (Å²) in [6.45, 7) is 6.81. The topological polar surface area (TPSA) is 47.4 Å². The van der Waals surface area contributed by atoms with E-state index in [0.29, 0.717) is 37.9 Å². The molecule has 106 valence electrons. The Bertz CT molecular complexity index is 627. The zero-order valence-corrected chi connectivity index (χ0v) is 11.9. The Labute approximate surface area is 118 Å². The molecular weight excluding hydrogens is 254 g/mol. The Kier molecular flexibility index (Phi) is 3.44. The van der Waals surface area contributed by atoms with Crippen LogP contribution in [-0.2, 0) is 4.74 Å². The highest BCUT2D eigenvalue weighted by Crippen LogP contribution is 2.19. The van der Waals surface area contributed by atoms with E-state index >= 15 is 0 Å². The van der Waals surface area contributed by atoms with Gasteiger partial charge in [-0.3, -0.25) is 4.79 Å². The molecule has 0 bridgehead atoms. The second-order valence-electron chi connectivity index (χ2n) is 5.35. The lowest BCUT2D eigenvalue weighted by Crippen LogP contribution is -2.40. The van der Waals surface area contributed by atoms with Crippen molar-refractivity contribution in [1.29, 1.82) is 0 Å². The number of carbonyl (C=O) groups is 1. The Morgan fingerprint density at radius 3 is 2.75 bits per heavy atom. The van der Waals surface area contributed by atoms with Gasteiger partial charge in [-0.05, 0) is 32.0 Å². The van der Waals surface area contributed by atoms with E-state index in [1.54, 1.807) is 0 Å². The molecule has 1 aromatic heterocycles. The molecule has 5 nitrogen and oxygen atoms in total. The quantitative estimate of drug-likeness (QED) is 0.841. The molecule has 1 aromatic carbocycles. The van der Waals surface area contributed by atoms with Crippen molar-refractivity contribution in [1.82, 2.24) is 14.5 Å². The number of imidazole rings is 1. The molecule has 0 N–H and O–H groups in total. The molecule has 3 rings (SSSR count). The molecule has 2 aromatic rings. The normalized spacial score (nSPS) is 16.1. The van der Waals surface area contributed by atoms with Gasteiger partial charge >= 0.3 is 0 Å². The number of hydrogen-bond donors (Lipinski definition) is 0. The minimum absolute atomic E-state index is 0.0642. The Morgan fingerprint density at radius 1 is 1.30 bits per heavy atom. The summed E-state index contributed by atoms with van der Waals surface area (Å²) in [5.41, 5.74) is 2.64. The molecule has 1 saturated heterocycles. The number of fused-ring (bicyclic) bond motifs is 1. The summed E-state index contributed by atoms with van der Waals surface area (Å²) >= 11 is 0. The molecule has 1 aliphatic rings. The zero-order chi connectivity index (χ0) is 14.1. The molecule has 20 heavy (non-hydrogen) atoms. The van der Waals surface area contributed by atoms with Gasteiger partial charge in [-0.25, -0.2) is 4.98 Å². The van der Waals surface area contributed by atoms with Crippen LogP contribution in [0.25, 0.3) is 11.0 Å². The van der Waals surface area contributed by atoms with Crippen molar-refractivity contribution in [2.45, 2.75) is 19.9 Å². The van der Waals surface area contributed by atoms with Crippen LogP contribution in [0.1, 0.15) is 30.2 Å². The van der Waals surface area contributed by atoms with E-state index < -0.39 is 0 Å². The molecule has 1 amide bonds. The lowest BCUT2D eigenvalue weighted by atomic mass is 10.1. The Hall–Kier alpha value is -1.88. The minimum Gasteiger partial charge on any atom is -0.378 e. The molecule has 1 aliphatic heterocycles. The van der Waals surface area contributed by atoms with Gasteiger partial charge < -0.3 is 14.2 Å². The highest BCUT2D eigenvalue weighted by atomic mass is 16.5. The summed E-state index contributed by atoms with van der Waals surface area (Å²) in [6.07, 6.45) is 1.83. The summed E-state index contributed by atoms with van der Waals surface area (Å²) in [7, 11) is 0. The van der Waals surface area contributed by atoms with Crippen molar-refractivity contribution in [3.63, 3.8) is 0 Å². The van der Waals surface area contributed by atoms with Gasteiger partial charge in [0.05, 0.1) is 30.6 Å². The van der Waals surface area contributed by atoms with Crippen LogP contribution in [0.4, 0.5) is 0 Å². The molecular formula is C15H19N3O2. The molecule has 5 heteroatoms. The number of carbonyl (C=O) groups excluding carboxylic acids is 1. The van der Waals surface area contributed by atoms with Gasteiger partial charge in [0.1, 0.15) is 0 Å². The number of aromatic nitrogens is 2. The van der Waals surface area contributed by atoms with E-state index in [2.05, 4.69) is 23.4 Å². The maximum Gasteiger partial charge on any atom is 0.254 e. The fourth-order valence-electron chi connectivity index (χ4n) is 2.53. The third kappa shape index (κ3) is 2.29. The van der Waals surface area contributed by atoms with Crippen molar-refractivity contribution in [3.05, 3.63) is 30.1 Å². The van der Waals surface area contributed by atoms with Crippen molar-refractivity contribution >= 4 is 16.9 Å². The number of hydrogen-bond acceptors (Lipinski definition) is 3. The molecule has 0 saturated carbocycles. The molecule has 2 heterocycles. The van der Waals surface area contributed by atoms with E-state index in [4.69, 9.17) is 4.74 Å². The van der Waals surface area contributed by atoms with Crippen LogP contribution < -0.4 is 0 Å². The van der Waals surface area contributed by atoms with E-state index in [-0.39, 0.29) is 5.91 Å². The predicted octanol–water partition coefficient (Wildman–Crippen LogP) is 2.09. The van der Waals surface area contributed by atoms with Crippen molar-refractivity contribution in [2.75, 3.05) is 26.3 Å². The summed E-state index contributed by atoms with van der Waals surface area (Å²) in [5.74, 6) is 0.0642. The Balaban J connectivity index is 1.91. The third-order valence-electron chi connectivity index (χ3n) is 3.68. The largest absolute Gasteiger partial charge is 0.378 e. The number of rotatable bonds is 2. The standard InChI is InChI=1S/C15H19N3O2/c1-11(2)18-10-16-13-9-12(3-4-14(13)18)15(19)17-5-7-20-8-6-17/h3-4,9-11H,5-8H2,1-2H3. The SMILES string of the molecule is CC(C)n1cnc2cc(C(=O)N3CCOCC3)ccc21. The van der Waals surface area contributed by atoms with Gasteiger partial charge in [0.2, 0.25) is 0 Å². The fraction of sp³-hybridized carbons (Fsp3) is 0.467. The third-order valence-corrected chi connectivity index (χ3v) is 3.68. The first-order valence-corrected chi connectivity index (χ1v) is 7.00. The lowest BCUT2D eigenvalue weighted by molar-refractivity contribution is 0.0303. The average Bonchev–Trinajstić information content (AvgIpc) is 2.90. The van der Waals surface area contributed by atoms with Gasteiger partial charge in [0, 0.05) is 24.7 Å². The van der Waals surface area contributed by atoms with Gasteiger partial charge in [0.15, 0.2) is 0 Å². The van der Waals surface area contributed by atoms with Crippen LogP contribution in [0.3, 0.4) is 0 Å². The maximum absolute atomic E-state index is 12.4. The smallest absolute Gasteiger partial charge is 0.254 e. The zero-order valence-electron chi connectivity index (χ0n) is 11.9. The lowest BCUT2D eigenvalue weighted by Gasteiger charge is -2.26. The molecule has 0 aliphatic carbocycles. The second-order valence-corrected chi connectivity index (χ2v) is 5.35. The predicted molar refractivity (Wildman–Crippen MR) is 76.8 cm³/mol. The van der Waals surface area contributed by atoms with Crippen LogP contribution in [0.5, 0.6) is 0 Å². The van der Waals surface area contributed by atoms with E-state index in [1.165, 1.54) is 0 Å². The second kappa shape index (κ2) is 5.25. The van der Waals surface area contributed by atoms with E-state index in [0.717, 1.165) is 11.0 Å². The van der Waals surface area contributed by atoms with Gasteiger partial charge in [-0.1, -0.05) is 0 Å². The molecule has 0 radical (unpaired) electrons. The van der Waals surface area contributed by atoms with Crippen LogP contribution in [-0.4, -0.2) is 46.7 Å². The number of benzene rings is 1. The van der Waals surface area contributed by atoms with Gasteiger partial charge in [-0.15, -0.1) is 0 Å². The molecule has 0 spiro atoms. The summed E-state index contributed by atoms with van der Waals surface area (Å²) in [5, 5.41) is 0. The summed E-state index contributed by atoms with van der Waals surface area (Å²) in [4.78, 5) is 18.7. The summed E-state index contributed by atoms with van der Waals surface area (Å²) < 4.78 is 7.39. The van der Waals surface area contributed by atoms with Gasteiger partial charge in [0.25, 0.3) is 5.91 Å². The molecule has 0 unspecified atom stereocenters. The van der Waals surface area contributed by atoms with Crippen LogP contribution >= 0.6 is 0 Å². The maximum atomic E-state index is 12.4. The number of morpholine rings is 1. The van der Waals surface area contributed by atoms with Crippen molar-refractivity contribution < 1.29 is 9.53 Å². The number of amides is 1. The van der Waals surface area contributed by atoms with Crippen LogP contribution in [0.2, 0.25) is 0 Å². The van der Waals surface area contributed by atoms with Crippen LogP contribution in [0.15, 0.2) is 24.5 Å². The first-order valence-electron chi connectivity index (χ1n) is 7.00. The molecule has 0 atom stereocenters. The van der Waals surface area contributed by atoms with Crippen molar-refractivity contribution in [2.24, 2.45) is 0 Å². The number of nitrogens with zero attached hydrogens (tertiary/aromatic N) is 3. The minimum atomic E-state index is 0.0642.